The first-order valence-electron chi connectivity index (χ1n) is 7.83. The number of rotatable bonds is 3. The van der Waals surface area contributed by atoms with Crippen molar-refractivity contribution in [3.05, 3.63) is 0 Å². The number of amides is 2. The van der Waals surface area contributed by atoms with Gasteiger partial charge >= 0.3 is 12.0 Å². The van der Waals surface area contributed by atoms with Crippen molar-refractivity contribution in [2.75, 3.05) is 26.2 Å². The number of carbonyl (C=O) groups is 2. The van der Waals surface area contributed by atoms with Gasteiger partial charge in [-0.1, -0.05) is 20.3 Å². The second-order valence-electron chi connectivity index (χ2n) is 6.92. The maximum absolute atomic E-state index is 12.3. The quantitative estimate of drug-likeness (QED) is 0.825. The molecule has 1 saturated heterocycles. The number of hydrogen-bond acceptors (Lipinski definition) is 3. The fraction of sp³-hybridized carbons (Fsp3) is 0.867. The Bertz CT molecular complexity index is 403. The summed E-state index contributed by atoms with van der Waals surface area (Å²) in [5, 5.41) is 12.2. The Balaban J connectivity index is 1.82. The van der Waals surface area contributed by atoms with Gasteiger partial charge < -0.3 is 15.3 Å². The molecule has 0 aromatic carbocycles. The molecule has 2 aliphatic rings. The van der Waals surface area contributed by atoms with Crippen LogP contribution in [0.15, 0.2) is 0 Å². The number of hydrogen-bond donors (Lipinski definition) is 2. The summed E-state index contributed by atoms with van der Waals surface area (Å²) >= 11 is 0. The third kappa shape index (κ3) is 3.67. The summed E-state index contributed by atoms with van der Waals surface area (Å²) in [6, 6.07) is -0.234. The van der Waals surface area contributed by atoms with E-state index in [1.165, 1.54) is 6.42 Å². The number of nitrogens with one attached hydrogen (secondary N) is 1. The first-order chi connectivity index (χ1) is 9.81. The van der Waals surface area contributed by atoms with Crippen LogP contribution in [0.3, 0.4) is 0 Å². The maximum atomic E-state index is 12.3. The van der Waals surface area contributed by atoms with Crippen molar-refractivity contribution in [1.29, 1.82) is 0 Å². The largest absolute Gasteiger partial charge is 0.480 e. The van der Waals surface area contributed by atoms with Crippen LogP contribution >= 0.6 is 0 Å². The molecule has 1 heterocycles. The van der Waals surface area contributed by atoms with E-state index >= 15 is 0 Å². The highest BCUT2D eigenvalue weighted by Crippen LogP contribution is 2.37. The van der Waals surface area contributed by atoms with Crippen LogP contribution in [-0.2, 0) is 4.79 Å². The minimum atomic E-state index is -0.805. The highest BCUT2D eigenvalue weighted by Gasteiger charge is 2.36. The number of carbonyl (C=O) groups excluding carboxylic acids is 1. The van der Waals surface area contributed by atoms with Crippen LogP contribution in [0.5, 0.6) is 0 Å². The van der Waals surface area contributed by atoms with Gasteiger partial charge in [0.05, 0.1) is 0 Å². The van der Waals surface area contributed by atoms with Gasteiger partial charge in [0.25, 0.3) is 0 Å². The highest BCUT2D eigenvalue weighted by molar-refractivity contribution is 5.75. The van der Waals surface area contributed by atoms with Crippen molar-refractivity contribution in [3.8, 4) is 0 Å². The molecule has 6 nitrogen and oxygen atoms in total. The molecule has 2 fully saturated rings. The molecule has 2 unspecified atom stereocenters. The molecule has 2 amide bonds. The molecule has 2 N–H and O–H groups in total. The zero-order chi connectivity index (χ0) is 15.6. The Hall–Kier alpha value is -1.30. The summed E-state index contributed by atoms with van der Waals surface area (Å²) in [4.78, 5) is 27.0. The number of piperazine rings is 1. The lowest BCUT2D eigenvalue weighted by Crippen LogP contribution is -2.56. The van der Waals surface area contributed by atoms with Gasteiger partial charge in [-0.25, -0.2) is 4.79 Å². The average molecular weight is 297 g/mol. The first-order valence-corrected chi connectivity index (χ1v) is 7.83. The molecule has 2 atom stereocenters. The van der Waals surface area contributed by atoms with Crippen molar-refractivity contribution in [3.63, 3.8) is 0 Å². The molecule has 6 heteroatoms. The number of carboxylic acids is 1. The highest BCUT2D eigenvalue weighted by atomic mass is 16.4. The second kappa shape index (κ2) is 6.22. The molecule has 21 heavy (non-hydrogen) atoms. The van der Waals surface area contributed by atoms with E-state index in [1.807, 2.05) is 4.90 Å². The van der Waals surface area contributed by atoms with Crippen molar-refractivity contribution in [1.82, 2.24) is 15.1 Å². The molecule has 1 aliphatic heterocycles. The summed E-state index contributed by atoms with van der Waals surface area (Å²) in [5.74, 6) is -0.805. The Kier molecular flexibility index (Phi) is 4.76. The number of nitrogens with zero attached hydrogens (tertiary/aromatic N) is 2. The molecule has 0 aromatic heterocycles. The Labute approximate surface area is 126 Å². The van der Waals surface area contributed by atoms with Crippen LogP contribution in [0.25, 0.3) is 0 Å². The molecule has 120 valence electrons. The smallest absolute Gasteiger partial charge is 0.320 e. The lowest BCUT2D eigenvalue weighted by molar-refractivity contribution is -0.143. The van der Waals surface area contributed by atoms with Crippen molar-refractivity contribution >= 4 is 12.0 Å². The van der Waals surface area contributed by atoms with E-state index in [1.54, 1.807) is 11.8 Å². The van der Waals surface area contributed by atoms with Crippen LogP contribution in [0.4, 0.5) is 4.79 Å². The molecular weight excluding hydrogens is 270 g/mol. The van der Waals surface area contributed by atoms with Crippen LogP contribution in [0.2, 0.25) is 0 Å². The van der Waals surface area contributed by atoms with Gasteiger partial charge in [-0.15, -0.1) is 0 Å². The molecule has 2 rings (SSSR count). The first kappa shape index (κ1) is 16.1. The van der Waals surface area contributed by atoms with Crippen LogP contribution in [0.1, 0.15) is 40.0 Å². The van der Waals surface area contributed by atoms with Crippen molar-refractivity contribution in [2.24, 2.45) is 5.41 Å². The molecule has 0 aromatic rings. The Morgan fingerprint density at radius 3 is 2.33 bits per heavy atom. The van der Waals surface area contributed by atoms with E-state index in [4.69, 9.17) is 5.11 Å². The molecule has 0 spiro atoms. The molecule has 0 bridgehead atoms. The lowest BCUT2D eigenvalue weighted by Gasteiger charge is -2.38. The standard InChI is InChI=1S/C15H27N3O3/c1-11(13(19)20)17-7-9-18(10-8-17)14(21)16-12-5-4-6-15(12,2)3/h11-12H,4-10H2,1-3H3,(H,16,21)(H,19,20). The van der Waals surface area contributed by atoms with Gasteiger partial charge in [-0.05, 0) is 25.2 Å². The summed E-state index contributed by atoms with van der Waals surface area (Å²) in [6.07, 6.45) is 3.37. The van der Waals surface area contributed by atoms with Gasteiger partial charge in [0.1, 0.15) is 6.04 Å². The average Bonchev–Trinajstić information content (AvgIpc) is 2.77. The molecule has 0 radical (unpaired) electrons. The second-order valence-corrected chi connectivity index (χ2v) is 6.92. The van der Waals surface area contributed by atoms with Gasteiger partial charge in [0.15, 0.2) is 0 Å². The van der Waals surface area contributed by atoms with E-state index in [0.29, 0.717) is 26.2 Å². The topological polar surface area (TPSA) is 72.9 Å². The summed E-state index contributed by atoms with van der Waals surface area (Å²) in [5.41, 5.74) is 0.176. The monoisotopic (exact) mass is 297 g/mol. The predicted molar refractivity (Wildman–Crippen MR) is 80.2 cm³/mol. The third-order valence-corrected chi connectivity index (χ3v) is 5.06. The van der Waals surface area contributed by atoms with Gasteiger partial charge in [-0.2, -0.15) is 0 Å². The summed E-state index contributed by atoms with van der Waals surface area (Å²) in [7, 11) is 0. The third-order valence-electron chi connectivity index (χ3n) is 5.06. The van der Waals surface area contributed by atoms with Crippen LogP contribution < -0.4 is 5.32 Å². The zero-order valence-electron chi connectivity index (χ0n) is 13.3. The maximum Gasteiger partial charge on any atom is 0.320 e. The van der Waals surface area contributed by atoms with Crippen LogP contribution in [-0.4, -0.2) is 65.2 Å². The Morgan fingerprint density at radius 1 is 1.24 bits per heavy atom. The predicted octanol–water partition coefficient (Wildman–Crippen LogP) is 1.37. The van der Waals surface area contributed by atoms with E-state index in [9.17, 15) is 9.59 Å². The molecular formula is C15H27N3O3. The van der Waals surface area contributed by atoms with Crippen molar-refractivity contribution in [2.45, 2.75) is 52.1 Å². The number of urea groups is 1. The normalized spacial score (nSPS) is 27.4. The van der Waals surface area contributed by atoms with Gasteiger partial charge in [0, 0.05) is 32.2 Å². The molecule has 1 aliphatic carbocycles. The van der Waals surface area contributed by atoms with Gasteiger partial charge in [0.2, 0.25) is 0 Å². The minimum absolute atomic E-state index is 0.00222. The van der Waals surface area contributed by atoms with E-state index < -0.39 is 12.0 Å². The van der Waals surface area contributed by atoms with Gasteiger partial charge in [-0.3, -0.25) is 9.69 Å². The number of aliphatic carboxylic acids is 1. The molecule has 1 saturated carbocycles. The van der Waals surface area contributed by atoms with Crippen molar-refractivity contribution < 1.29 is 14.7 Å². The zero-order valence-corrected chi connectivity index (χ0v) is 13.3. The Morgan fingerprint density at radius 2 is 1.86 bits per heavy atom. The SMILES string of the molecule is CC(C(=O)O)N1CCN(C(=O)NC2CCCC2(C)C)CC1. The fourth-order valence-electron chi connectivity index (χ4n) is 3.30. The summed E-state index contributed by atoms with van der Waals surface area (Å²) < 4.78 is 0. The summed E-state index contributed by atoms with van der Waals surface area (Å²) in [6.45, 7) is 8.53. The van der Waals surface area contributed by atoms with Crippen LogP contribution in [0, 0.1) is 5.41 Å². The van der Waals surface area contributed by atoms with E-state index in [-0.39, 0.29) is 17.5 Å². The number of carboxylic acid groups (broad SMARTS) is 1. The van der Waals surface area contributed by atoms with E-state index in [0.717, 1.165) is 12.8 Å². The minimum Gasteiger partial charge on any atom is -0.480 e. The lowest BCUT2D eigenvalue weighted by atomic mass is 9.87. The van der Waals surface area contributed by atoms with E-state index in [2.05, 4.69) is 19.2 Å². The fourth-order valence-corrected chi connectivity index (χ4v) is 3.30.